The second-order valence-corrected chi connectivity index (χ2v) is 51.8. The average molecular weight is 1830 g/mol. The summed E-state index contributed by atoms with van der Waals surface area (Å²) in [5.41, 5.74) is 5.43. The van der Waals surface area contributed by atoms with Crippen molar-refractivity contribution in [3.63, 3.8) is 0 Å². The van der Waals surface area contributed by atoms with Crippen molar-refractivity contribution in [2.75, 3.05) is 0 Å². The molecule has 0 amide bonds. The Hall–Kier alpha value is -13.7. The zero-order valence-corrected chi connectivity index (χ0v) is 77.0. The molecule has 26 aromatic rings. The van der Waals surface area contributed by atoms with Crippen molar-refractivity contribution >= 4 is 290 Å². The van der Waals surface area contributed by atoms with E-state index >= 15 is 4.57 Å². The Bertz CT molecular complexity index is 8810. The molecular formula is C118H76N4OP4S2Se. The Morgan fingerprint density at radius 3 is 0.877 bits per heavy atom. The third kappa shape index (κ3) is 12.5. The van der Waals surface area contributed by atoms with Crippen LogP contribution in [-0.2, 0) is 28.2 Å². The summed E-state index contributed by atoms with van der Waals surface area (Å²) >= 11 is 18.1. The van der Waals surface area contributed by atoms with E-state index in [4.69, 9.17) is 33.6 Å². The summed E-state index contributed by atoms with van der Waals surface area (Å²) in [6.45, 7) is 0. The molecule has 22 aromatic carbocycles. The summed E-state index contributed by atoms with van der Waals surface area (Å²) in [6, 6.07) is 161. The fourth-order valence-corrected chi connectivity index (χ4v) is 35.4. The molecule has 26 rings (SSSR count). The van der Waals surface area contributed by atoms with Crippen LogP contribution in [0.25, 0.3) is 163 Å². The van der Waals surface area contributed by atoms with Crippen molar-refractivity contribution in [3.8, 4) is 0 Å². The molecule has 4 aromatic heterocycles. The molecule has 0 saturated heterocycles. The van der Waals surface area contributed by atoms with Crippen LogP contribution in [0, 0.1) is 0 Å². The minimum absolute atomic E-state index is 0.756. The Morgan fingerprint density at radius 2 is 0.454 bits per heavy atom. The Kier molecular flexibility index (Phi) is 18.8. The zero-order chi connectivity index (χ0) is 86.6. The first-order chi connectivity index (χ1) is 63.9. The number of hydrogen-bond acceptors (Lipinski definition) is 5. The standard InChI is InChI=1S/C59H38N2OP2Se.C59H38N2P2S2/c62-63(47-26-22-39-12-4-7-16-43(39)34-47,48-27-23-40-13-5-8-17-44(40)35-48)49-30-33-56-55(37-49)60-59-58-52-21-11-10-15-42(52)25-31-54(58)53-32-29-51(38-57(53)61(56)59)64(65,46-19-2-1-3-20-46)50-28-24-41-14-6-9-18-45(41)36-50;64-62(46-19-2-1-3-20-46,47-26-22-39-12-4-7-16-43(39)34-47)51-29-32-53-54-31-25-42-15-10-11-21-52(42)58(54)59-60-55-37-50(30-33-56(55)61(59)57(53)38-51)63(65,48-27-23-40-13-5-8-17-44(40)35-48)49-28-24-41-14-6-9-18-45(41)36-49/h2*1-38H. The molecule has 0 radical (unpaired) electrons. The Morgan fingerprint density at radius 1 is 0.200 bits per heavy atom. The predicted octanol–water partition coefficient (Wildman–Crippen LogP) is 25.3. The van der Waals surface area contributed by atoms with Crippen LogP contribution in [0.4, 0.5) is 0 Å². The number of rotatable bonds is 12. The van der Waals surface area contributed by atoms with Gasteiger partial charge >= 0.3 is 303 Å². The molecule has 4 heterocycles. The van der Waals surface area contributed by atoms with Crippen molar-refractivity contribution in [3.05, 3.63) is 461 Å². The fourth-order valence-electron chi connectivity index (χ4n) is 20.4. The van der Waals surface area contributed by atoms with Crippen LogP contribution in [0.3, 0.4) is 0 Å². The third-order valence-electron chi connectivity index (χ3n) is 26.9. The van der Waals surface area contributed by atoms with E-state index in [0.29, 0.717) is 0 Å². The van der Waals surface area contributed by atoms with Gasteiger partial charge in [0.05, 0.1) is 16.6 Å². The van der Waals surface area contributed by atoms with E-state index in [0.717, 1.165) is 141 Å². The second kappa shape index (κ2) is 31.1. The van der Waals surface area contributed by atoms with E-state index in [1.807, 2.05) is 24.3 Å². The largest absolute Gasteiger partial charge is 0.292 e. The van der Waals surface area contributed by atoms with Gasteiger partial charge in [0.2, 0.25) is 0 Å². The van der Waals surface area contributed by atoms with Crippen LogP contribution in [0.5, 0.6) is 0 Å². The van der Waals surface area contributed by atoms with Crippen LogP contribution in [0.1, 0.15) is 0 Å². The van der Waals surface area contributed by atoms with E-state index in [1.165, 1.54) is 85.8 Å². The van der Waals surface area contributed by atoms with Crippen molar-refractivity contribution in [2.24, 2.45) is 0 Å². The first-order valence-electron chi connectivity index (χ1n) is 43.8. The van der Waals surface area contributed by atoms with Crippen molar-refractivity contribution < 1.29 is 4.57 Å². The maximum atomic E-state index is 16.4. The number of benzene rings is 22. The van der Waals surface area contributed by atoms with Gasteiger partial charge in [-0.05, 0) is 138 Å². The maximum absolute atomic E-state index is 16.4. The van der Waals surface area contributed by atoms with E-state index in [-0.39, 0.29) is 0 Å². The van der Waals surface area contributed by atoms with Gasteiger partial charge in [-0.3, -0.25) is 4.40 Å². The maximum Gasteiger partial charge on any atom is 0.147 e. The van der Waals surface area contributed by atoms with Crippen LogP contribution < -0.4 is 63.7 Å². The number of pyridine rings is 2. The summed E-state index contributed by atoms with van der Waals surface area (Å²) in [5, 5.41) is 38.6. The monoisotopic (exact) mass is 1830 g/mol. The minimum atomic E-state index is -3.43. The van der Waals surface area contributed by atoms with Crippen molar-refractivity contribution in [2.45, 2.75) is 0 Å². The van der Waals surface area contributed by atoms with Gasteiger partial charge in [-0.15, -0.1) is 0 Å². The first kappa shape index (κ1) is 78.6. The van der Waals surface area contributed by atoms with Crippen LogP contribution in [0.15, 0.2) is 461 Å². The van der Waals surface area contributed by atoms with Gasteiger partial charge in [0.15, 0.2) is 0 Å². The molecule has 0 aliphatic rings. The molecule has 130 heavy (non-hydrogen) atoms. The molecule has 0 N–H and O–H groups in total. The first-order valence-corrected chi connectivity index (χ1v) is 55.1. The molecule has 12 heteroatoms. The van der Waals surface area contributed by atoms with Crippen molar-refractivity contribution in [1.82, 2.24) is 18.8 Å². The molecule has 0 saturated carbocycles. The predicted molar refractivity (Wildman–Crippen MR) is 571 cm³/mol. The van der Waals surface area contributed by atoms with Crippen LogP contribution in [-0.4, -0.2) is 33.9 Å². The Labute approximate surface area is 767 Å². The molecule has 5 nitrogen and oxygen atoms in total. The summed E-state index contributed by atoms with van der Waals surface area (Å²) in [7, 11) is -3.43. The molecule has 2 unspecified atom stereocenters. The number of hydrogen-bond donors (Lipinski definition) is 0. The smallest absolute Gasteiger partial charge is 0.147 e. The summed E-state index contributed by atoms with van der Waals surface area (Å²) in [4.78, 5) is 11.3. The third-order valence-corrected chi connectivity index (χ3v) is 46.8. The molecule has 0 aliphatic carbocycles. The molecule has 0 spiro atoms. The number of fused-ring (bicyclic) bond motifs is 26. The van der Waals surface area contributed by atoms with Gasteiger partial charge in [-0.1, -0.05) is 278 Å². The van der Waals surface area contributed by atoms with Gasteiger partial charge in [0.25, 0.3) is 0 Å². The molecule has 0 aliphatic heterocycles. The molecule has 612 valence electrons. The SMILES string of the molecule is O=P(c1ccc2ccccc2c1)(c1ccc2ccccc2c1)c1ccc2c(c1)nc1c3c4ccccc4ccc3c3ccc(P(=[Se])(c4ccccc4)c4ccc5ccccc5c4)cc3n21.S=P(c1ccc2ccccc2c1)(c1ccc2ccccc2c1)c1ccc2c(c1)nc1c3c4ccccc4ccc3c3ccc(P(=S)(c4ccccc4)c4ccc5ccccc5c4)cc3n21. The van der Waals surface area contributed by atoms with Gasteiger partial charge in [0, 0.05) is 22.8 Å². The fraction of sp³-hybridized carbons (Fsp3) is 0. The van der Waals surface area contributed by atoms with Crippen LogP contribution >= 0.6 is 24.7 Å². The van der Waals surface area contributed by atoms with Gasteiger partial charge < -0.3 is 0 Å². The molecule has 0 bridgehead atoms. The number of nitrogens with zero attached hydrogens (tertiary/aromatic N) is 4. The summed E-state index contributed by atoms with van der Waals surface area (Å²) in [6.07, 6.45) is 0. The van der Waals surface area contributed by atoms with Gasteiger partial charge in [-0.2, -0.15) is 0 Å². The van der Waals surface area contributed by atoms with Gasteiger partial charge in [-0.25, -0.2) is 4.98 Å². The average Bonchev–Trinajstić information content (AvgIpc) is 1.52. The van der Waals surface area contributed by atoms with Gasteiger partial charge in [0.1, 0.15) is 5.65 Å². The van der Waals surface area contributed by atoms with Crippen LogP contribution in [0.2, 0.25) is 0 Å². The van der Waals surface area contributed by atoms with E-state index < -0.39 is 24.7 Å². The zero-order valence-electron chi connectivity index (χ0n) is 70.1. The molecule has 2 atom stereocenters. The quantitative estimate of drug-likeness (QED) is 0.0693. The number of aromatic nitrogens is 4. The molecule has 0 fully saturated rings. The van der Waals surface area contributed by atoms with E-state index in [9.17, 15) is 0 Å². The minimum Gasteiger partial charge on any atom is -0.292 e. The second-order valence-electron chi connectivity index (χ2n) is 34.0. The van der Waals surface area contributed by atoms with Crippen molar-refractivity contribution in [1.29, 1.82) is 0 Å². The van der Waals surface area contributed by atoms with E-state index in [2.05, 4.69) is 461 Å². The molecular weight excluding hydrogens is 1760 g/mol. The summed E-state index contributed by atoms with van der Waals surface area (Å²) in [5.74, 6) is 0. The summed E-state index contributed by atoms with van der Waals surface area (Å²) < 4.78 is 21.2. The van der Waals surface area contributed by atoms with E-state index in [1.54, 1.807) is 0 Å². The topological polar surface area (TPSA) is 51.7 Å². The Balaban J connectivity index is 0.000000140. The number of imidazole rings is 2. The normalized spacial score (nSPS) is 13.2.